The summed E-state index contributed by atoms with van der Waals surface area (Å²) in [6.07, 6.45) is -4.85. The van der Waals surface area contributed by atoms with Gasteiger partial charge in [0.1, 0.15) is 12.1 Å². The first-order chi connectivity index (χ1) is 33.2. The molecule has 0 aromatic heterocycles. The maximum absolute atomic E-state index is 14.4. The maximum Gasteiger partial charge on any atom is 0.471 e. The van der Waals surface area contributed by atoms with E-state index < -0.39 is 93.7 Å². The third-order valence-electron chi connectivity index (χ3n) is 13.3. The molecule has 1 aliphatic rings. The number of hydrogen-bond donors (Lipinski definition) is 4. The SMILES string of the molecule is CC[C@H](C)[C@@H]([C@@H](CC(=O)N1CCC[C@H]1[C@H](OC)[C@@H](C)C(=O)N[C@@H](CCc1ccccc1)C(=O)NS(=O)(=O)c1ccc(CNC(=O)C(F)(F)F)cc1)OC)N(C)C(=O)[C@@H](NC(=O)[C@H](C(C)C)N(C)C)C(C)C. The van der Waals surface area contributed by atoms with Crippen LogP contribution in [0.15, 0.2) is 59.5 Å². The van der Waals surface area contributed by atoms with Crippen LogP contribution in [0.1, 0.15) is 91.7 Å². The highest BCUT2D eigenvalue weighted by molar-refractivity contribution is 7.90. The average molecular weight is 1020 g/mol. The molecule has 0 unspecified atom stereocenters. The predicted molar refractivity (Wildman–Crippen MR) is 262 cm³/mol. The van der Waals surface area contributed by atoms with Gasteiger partial charge >= 0.3 is 12.1 Å². The van der Waals surface area contributed by atoms with E-state index in [0.717, 1.165) is 17.7 Å². The third kappa shape index (κ3) is 16.7. The summed E-state index contributed by atoms with van der Waals surface area (Å²) in [7, 11) is 3.65. The van der Waals surface area contributed by atoms with Crippen LogP contribution in [0.5, 0.6) is 0 Å². The van der Waals surface area contributed by atoms with Crippen molar-refractivity contribution in [1.82, 2.24) is 35.4 Å². The Hall–Kier alpha value is -5.12. The lowest BCUT2D eigenvalue weighted by atomic mass is 9.89. The van der Waals surface area contributed by atoms with Crippen LogP contribution in [-0.4, -0.2) is 149 Å². The fraction of sp³-hybridized carbons (Fsp3) is 0.640. The van der Waals surface area contributed by atoms with Crippen LogP contribution < -0.4 is 20.7 Å². The van der Waals surface area contributed by atoms with Gasteiger partial charge < -0.3 is 35.2 Å². The summed E-state index contributed by atoms with van der Waals surface area (Å²) < 4.78 is 78.8. The Labute approximate surface area is 417 Å². The number of amides is 6. The zero-order chi connectivity index (χ0) is 53.5. The summed E-state index contributed by atoms with van der Waals surface area (Å²) >= 11 is 0. The number of likely N-dealkylation sites (N-methyl/N-ethyl adjacent to an activating group) is 2. The number of methoxy groups -OCH3 is 2. The van der Waals surface area contributed by atoms with E-state index in [-0.39, 0.29) is 60.3 Å². The Morgan fingerprint density at radius 2 is 1.44 bits per heavy atom. The van der Waals surface area contributed by atoms with Crippen molar-refractivity contribution in [3.8, 4) is 0 Å². The van der Waals surface area contributed by atoms with Gasteiger partial charge in [-0.15, -0.1) is 0 Å². The Balaban J connectivity index is 1.83. The summed E-state index contributed by atoms with van der Waals surface area (Å²) in [4.78, 5) is 86.2. The van der Waals surface area contributed by atoms with Crippen LogP contribution in [0.3, 0.4) is 0 Å². The summed E-state index contributed by atoms with van der Waals surface area (Å²) in [6, 6.07) is 9.70. The third-order valence-corrected chi connectivity index (χ3v) is 14.7. The summed E-state index contributed by atoms with van der Waals surface area (Å²) in [6.45, 7) is 13.0. The highest BCUT2D eigenvalue weighted by Gasteiger charge is 2.44. The number of halogens is 3. The molecule has 0 bridgehead atoms. The van der Waals surface area contributed by atoms with Gasteiger partial charge in [-0.1, -0.05) is 97.4 Å². The molecule has 0 spiro atoms. The summed E-state index contributed by atoms with van der Waals surface area (Å²) in [5.41, 5.74) is 0.974. The van der Waals surface area contributed by atoms with E-state index in [1.54, 1.807) is 47.3 Å². The van der Waals surface area contributed by atoms with Gasteiger partial charge in [-0.3, -0.25) is 33.7 Å². The van der Waals surface area contributed by atoms with Crippen molar-refractivity contribution in [2.45, 2.75) is 147 Å². The molecular weight excluding hydrogens is 948 g/mol. The number of alkyl halides is 3. The number of likely N-dealkylation sites (tertiary alicyclic amines) is 1. The number of benzene rings is 2. The minimum atomic E-state index is -5.10. The molecule has 71 heavy (non-hydrogen) atoms. The Kier molecular flexibility index (Phi) is 23.0. The second-order valence-corrected chi connectivity index (χ2v) is 21.0. The monoisotopic (exact) mass is 1020 g/mol. The second kappa shape index (κ2) is 27.1. The number of nitrogens with zero attached hydrogens (tertiary/aromatic N) is 3. The van der Waals surface area contributed by atoms with E-state index in [1.807, 2.05) is 77.4 Å². The molecule has 9 atom stereocenters. The van der Waals surface area contributed by atoms with E-state index in [4.69, 9.17) is 9.47 Å². The lowest BCUT2D eigenvalue weighted by Crippen LogP contribution is -2.59. The quantitative estimate of drug-likeness (QED) is 0.104. The Morgan fingerprint density at radius 3 is 1.96 bits per heavy atom. The van der Waals surface area contributed by atoms with Crippen LogP contribution in [0.4, 0.5) is 13.2 Å². The molecule has 21 heteroatoms. The Bertz CT molecular complexity index is 2190. The molecular formula is C50H76F3N7O10S. The number of ether oxygens (including phenoxy) is 2. The molecule has 4 N–H and O–H groups in total. The van der Waals surface area contributed by atoms with Gasteiger partial charge in [-0.2, -0.15) is 13.2 Å². The van der Waals surface area contributed by atoms with Gasteiger partial charge in [0.15, 0.2) is 0 Å². The van der Waals surface area contributed by atoms with Crippen LogP contribution >= 0.6 is 0 Å². The summed E-state index contributed by atoms with van der Waals surface area (Å²) in [5.74, 6) is -6.07. The molecule has 0 radical (unpaired) electrons. The lowest BCUT2D eigenvalue weighted by molar-refractivity contribution is -0.173. The minimum Gasteiger partial charge on any atom is -0.379 e. The normalized spacial score (nSPS) is 17.7. The zero-order valence-electron chi connectivity index (χ0n) is 43.2. The van der Waals surface area contributed by atoms with Crippen molar-refractivity contribution in [3.05, 3.63) is 65.7 Å². The molecule has 17 nitrogen and oxygen atoms in total. The molecule has 2 aromatic carbocycles. The number of carbonyl (C=O) groups is 6. The van der Waals surface area contributed by atoms with Crippen LogP contribution in [0.25, 0.3) is 0 Å². The predicted octanol–water partition coefficient (Wildman–Crippen LogP) is 4.43. The van der Waals surface area contributed by atoms with Crippen LogP contribution in [0, 0.1) is 23.7 Å². The molecule has 1 heterocycles. The van der Waals surface area contributed by atoms with Gasteiger partial charge in [0.25, 0.3) is 15.9 Å². The van der Waals surface area contributed by atoms with Crippen molar-refractivity contribution in [2.24, 2.45) is 23.7 Å². The second-order valence-electron chi connectivity index (χ2n) is 19.4. The van der Waals surface area contributed by atoms with E-state index in [1.165, 1.54) is 26.4 Å². The fourth-order valence-corrected chi connectivity index (χ4v) is 10.3. The molecule has 3 rings (SSSR count). The molecule has 398 valence electrons. The Morgan fingerprint density at radius 1 is 0.817 bits per heavy atom. The number of nitrogens with one attached hydrogen (secondary N) is 4. The molecule has 1 fully saturated rings. The fourth-order valence-electron chi connectivity index (χ4n) is 9.27. The molecule has 6 amide bonds. The summed E-state index contributed by atoms with van der Waals surface area (Å²) in [5, 5.41) is 7.42. The highest BCUT2D eigenvalue weighted by atomic mass is 32.2. The van der Waals surface area contributed by atoms with Crippen molar-refractivity contribution >= 4 is 45.5 Å². The number of hydrogen-bond acceptors (Lipinski definition) is 11. The van der Waals surface area contributed by atoms with E-state index in [9.17, 15) is 50.4 Å². The number of aryl methyl sites for hydroxylation is 1. The first kappa shape index (κ1) is 60.2. The first-order valence-corrected chi connectivity index (χ1v) is 25.6. The van der Waals surface area contributed by atoms with Gasteiger partial charge in [0.2, 0.25) is 23.6 Å². The number of sulfonamides is 1. The molecule has 1 aliphatic heterocycles. The van der Waals surface area contributed by atoms with Gasteiger partial charge in [0.05, 0.1) is 47.6 Å². The van der Waals surface area contributed by atoms with Crippen molar-refractivity contribution < 1.29 is 59.8 Å². The van der Waals surface area contributed by atoms with Crippen LogP contribution in [-0.2, 0) is 61.2 Å². The molecule has 0 aliphatic carbocycles. The molecule has 1 saturated heterocycles. The maximum atomic E-state index is 14.4. The van der Waals surface area contributed by atoms with Crippen LogP contribution in [0.2, 0.25) is 0 Å². The molecule has 2 aromatic rings. The van der Waals surface area contributed by atoms with Gasteiger partial charge in [0, 0.05) is 34.4 Å². The first-order valence-electron chi connectivity index (χ1n) is 24.1. The van der Waals surface area contributed by atoms with Crippen molar-refractivity contribution in [3.63, 3.8) is 0 Å². The van der Waals surface area contributed by atoms with E-state index >= 15 is 0 Å². The topological polar surface area (TPSA) is 213 Å². The minimum absolute atomic E-state index is 0.0150. The highest BCUT2D eigenvalue weighted by Crippen LogP contribution is 2.30. The number of rotatable bonds is 26. The average Bonchev–Trinajstić information content (AvgIpc) is 3.80. The smallest absolute Gasteiger partial charge is 0.379 e. The van der Waals surface area contributed by atoms with Crippen molar-refractivity contribution in [1.29, 1.82) is 0 Å². The number of carbonyl (C=O) groups excluding carboxylic acids is 6. The lowest BCUT2D eigenvalue weighted by Gasteiger charge is -2.41. The van der Waals surface area contributed by atoms with Gasteiger partial charge in [-0.25, -0.2) is 13.1 Å². The zero-order valence-corrected chi connectivity index (χ0v) is 44.0. The molecule has 0 saturated carbocycles. The van der Waals surface area contributed by atoms with E-state index in [0.29, 0.717) is 25.8 Å². The van der Waals surface area contributed by atoms with E-state index in [2.05, 4.69) is 10.6 Å². The van der Waals surface area contributed by atoms with Gasteiger partial charge in [-0.05, 0) is 80.8 Å². The standard InChI is InChI=1S/C50H76F3N7O10S/c1-13-32(6)43(59(10)48(65)41(30(2)3)56-47(64)42(31(4)5)58(8)9)39(69-11)28-40(61)60-27-17-20-38(60)44(70-12)33(7)45(62)55-37(26-23-34-18-15-14-16-19-34)46(63)57-71(67,68)36-24-21-35(22-25-36)29-54-49(66)50(51,52)53/h14-16,18-19,21-22,24-25,30-33,37-39,41-44H,13,17,20,23,26-29H2,1-12H3,(H,54,66)(H,55,62)(H,56,64)(H,57,63)/t32-,33+,37-,38-,39+,41-,42-,43-,44+/m0/s1. The van der Waals surface area contributed by atoms with Crippen molar-refractivity contribution in [2.75, 3.05) is 41.9 Å². The largest absolute Gasteiger partial charge is 0.471 e.